The van der Waals surface area contributed by atoms with E-state index in [9.17, 15) is 4.79 Å². The molecule has 0 aromatic heterocycles. The van der Waals surface area contributed by atoms with Gasteiger partial charge < -0.3 is 5.73 Å². The number of thioether (sulfide) groups is 1. The van der Waals surface area contributed by atoms with E-state index >= 15 is 0 Å². The van der Waals surface area contributed by atoms with Gasteiger partial charge in [0, 0.05) is 17.5 Å². The predicted octanol–water partition coefficient (Wildman–Crippen LogP) is 1.75. The van der Waals surface area contributed by atoms with Gasteiger partial charge in [-0.15, -0.1) is 0 Å². The molecule has 0 aliphatic rings. The minimum absolute atomic E-state index is 0.170. The Morgan fingerprint density at radius 3 is 2.53 bits per heavy atom. The van der Waals surface area contributed by atoms with E-state index in [2.05, 4.69) is 24.5 Å². The molecular weight excluding hydrogens is 258 g/mol. The molecule has 0 bridgehead atoms. The molecule has 0 fully saturated rings. The first-order valence-electron chi connectivity index (χ1n) is 6.51. The first kappa shape index (κ1) is 16.0. The maximum Gasteiger partial charge on any atom is 0.241 e. The highest BCUT2D eigenvalue weighted by Crippen LogP contribution is 2.19. The second-order valence-corrected chi connectivity index (χ2v) is 5.69. The molecule has 2 unspecified atom stereocenters. The summed E-state index contributed by atoms with van der Waals surface area (Å²) in [6.07, 6.45) is 1.01. The first-order valence-corrected chi connectivity index (χ1v) is 7.66. The largest absolute Gasteiger partial charge is 0.327 e. The molecule has 0 spiro atoms. The van der Waals surface area contributed by atoms with Gasteiger partial charge in [0.1, 0.15) is 0 Å². The van der Waals surface area contributed by atoms with Gasteiger partial charge in [-0.1, -0.05) is 31.2 Å². The molecule has 0 saturated carbocycles. The maximum absolute atomic E-state index is 11.4. The van der Waals surface area contributed by atoms with E-state index in [0.717, 1.165) is 23.5 Å². The van der Waals surface area contributed by atoms with Crippen LogP contribution < -0.4 is 17.0 Å². The molecule has 2 atom stereocenters. The van der Waals surface area contributed by atoms with Crippen LogP contribution in [0.25, 0.3) is 0 Å². The summed E-state index contributed by atoms with van der Waals surface area (Å²) < 4.78 is 0. The van der Waals surface area contributed by atoms with E-state index in [1.807, 2.05) is 30.8 Å². The summed E-state index contributed by atoms with van der Waals surface area (Å²) in [4.78, 5) is 11.4. The third kappa shape index (κ3) is 5.22. The fraction of sp³-hybridized carbons (Fsp3) is 0.500. The quantitative estimate of drug-likeness (QED) is 0.404. The van der Waals surface area contributed by atoms with Crippen LogP contribution in [0, 0.1) is 0 Å². The van der Waals surface area contributed by atoms with Gasteiger partial charge in [-0.25, -0.2) is 5.84 Å². The lowest BCUT2D eigenvalue weighted by atomic mass is 9.99. The van der Waals surface area contributed by atoms with Crippen molar-refractivity contribution in [2.75, 3.05) is 5.75 Å². The monoisotopic (exact) mass is 281 g/mol. The summed E-state index contributed by atoms with van der Waals surface area (Å²) >= 11 is 1.84. The van der Waals surface area contributed by atoms with Crippen molar-refractivity contribution in [2.24, 2.45) is 11.6 Å². The minimum Gasteiger partial charge on any atom is -0.327 e. The highest BCUT2D eigenvalue weighted by Gasteiger charge is 2.13. The lowest BCUT2D eigenvalue weighted by Gasteiger charge is -2.11. The molecular formula is C14H23N3OS. The number of carbonyl (C=O) groups is 1. The summed E-state index contributed by atoms with van der Waals surface area (Å²) in [6.45, 7) is 3.94. The van der Waals surface area contributed by atoms with E-state index in [-0.39, 0.29) is 17.9 Å². The molecule has 0 radical (unpaired) electrons. The molecule has 1 aromatic carbocycles. The first-order chi connectivity index (χ1) is 9.08. The maximum atomic E-state index is 11.4. The highest BCUT2D eigenvalue weighted by molar-refractivity contribution is 7.98. The molecule has 0 aliphatic carbocycles. The predicted molar refractivity (Wildman–Crippen MR) is 81.6 cm³/mol. The number of amides is 1. The molecule has 106 valence electrons. The summed E-state index contributed by atoms with van der Waals surface area (Å²) in [6, 6.07) is 8.35. The van der Waals surface area contributed by atoms with Gasteiger partial charge in [-0.05, 0) is 24.5 Å². The molecule has 1 amide bonds. The van der Waals surface area contributed by atoms with Crippen LogP contribution >= 0.6 is 11.8 Å². The second-order valence-electron chi connectivity index (χ2n) is 4.66. The fourth-order valence-electron chi connectivity index (χ4n) is 1.62. The Labute approximate surface area is 119 Å². The van der Waals surface area contributed by atoms with Gasteiger partial charge in [0.2, 0.25) is 5.91 Å². The zero-order valence-electron chi connectivity index (χ0n) is 11.6. The van der Waals surface area contributed by atoms with Crippen molar-refractivity contribution < 1.29 is 4.79 Å². The Bertz CT molecular complexity index is 394. The number of benzene rings is 1. The summed E-state index contributed by atoms with van der Waals surface area (Å²) in [7, 11) is 0. The lowest BCUT2D eigenvalue weighted by molar-refractivity contribution is -0.122. The molecule has 0 heterocycles. The molecule has 1 rings (SSSR count). The van der Waals surface area contributed by atoms with Gasteiger partial charge in [-0.2, -0.15) is 11.8 Å². The van der Waals surface area contributed by atoms with Crippen LogP contribution in [0.4, 0.5) is 0 Å². The van der Waals surface area contributed by atoms with E-state index in [1.54, 1.807) is 0 Å². The number of hydrogen-bond donors (Lipinski definition) is 3. The Balaban J connectivity index is 2.50. The molecule has 0 saturated heterocycles. The van der Waals surface area contributed by atoms with Crippen LogP contribution in [-0.4, -0.2) is 17.7 Å². The molecule has 5 heteroatoms. The Kier molecular flexibility index (Phi) is 6.91. The normalized spacial score (nSPS) is 13.9. The van der Waals surface area contributed by atoms with Crippen molar-refractivity contribution >= 4 is 17.7 Å². The molecule has 0 aliphatic heterocycles. The second kappa shape index (κ2) is 8.19. The van der Waals surface area contributed by atoms with Crippen LogP contribution in [0.5, 0.6) is 0 Å². The van der Waals surface area contributed by atoms with Crippen molar-refractivity contribution in [1.29, 1.82) is 0 Å². The van der Waals surface area contributed by atoms with Gasteiger partial charge in [-0.3, -0.25) is 10.2 Å². The fourth-order valence-corrected chi connectivity index (χ4v) is 2.71. The van der Waals surface area contributed by atoms with Crippen molar-refractivity contribution in [3.63, 3.8) is 0 Å². The Hall–Kier alpha value is -1.04. The number of nitrogens with one attached hydrogen (secondary N) is 1. The van der Waals surface area contributed by atoms with Crippen LogP contribution in [-0.2, 0) is 10.5 Å². The van der Waals surface area contributed by atoms with Crippen molar-refractivity contribution in [3.05, 3.63) is 35.4 Å². The number of carbonyl (C=O) groups excluding carboxylic acids is 1. The molecule has 4 nitrogen and oxygen atoms in total. The smallest absolute Gasteiger partial charge is 0.241 e. The number of rotatable bonds is 7. The van der Waals surface area contributed by atoms with E-state index in [4.69, 9.17) is 11.6 Å². The minimum atomic E-state index is -0.222. The van der Waals surface area contributed by atoms with Crippen molar-refractivity contribution in [1.82, 2.24) is 5.43 Å². The van der Waals surface area contributed by atoms with Crippen molar-refractivity contribution in [3.8, 4) is 0 Å². The van der Waals surface area contributed by atoms with E-state index in [1.165, 1.54) is 5.56 Å². The van der Waals surface area contributed by atoms with Crippen LogP contribution in [0.15, 0.2) is 24.3 Å². The Morgan fingerprint density at radius 2 is 2.00 bits per heavy atom. The van der Waals surface area contributed by atoms with Gasteiger partial charge in [0.25, 0.3) is 0 Å². The number of nitrogens with two attached hydrogens (primary N) is 2. The van der Waals surface area contributed by atoms with Gasteiger partial charge in [0.05, 0.1) is 5.92 Å². The van der Waals surface area contributed by atoms with Crippen LogP contribution in [0.2, 0.25) is 0 Å². The molecule has 1 aromatic rings. The van der Waals surface area contributed by atoms with Gasteiger partial charge in [0.15, 0.2) is 0 Å². The summed E-state index contributed by atoms with van der Waals surface area (Å²) in [5.74, 6) is 6.67. The average molecular weight is 281 g/mol. The summed E-state index contributed by atoms with van der Waals surface area (Å²) in [5.41, 5.74) is 10.3. The Morgan fingerprint density at radius 1 is 1.37 bits per heavy atom. The standard InChI is InChI=1S/C14H23N3OS/c1-3-13(15)9-19-8-11-4-6-12(7-5-11)10(2)14(18)17-16/h4-7,10,13H,3,8-9,15-16H2,1-2H3,(H,17,18). The lowest BCUT2D eigenvalue weighted by Crippen LogP contribution is -2.33. The zero-order chi connectivity index (χ0) is 14.3. The summed E-state index contributed by atoms with van der Waals surface area (Å²) in [5, 5.41) is 0. The zero-order valence-corrected chi connectivity index (χ0v) is 12.4. The molecule has 19 heavy (non-hydrogen) atoms. The average Bonchev–Trinajstić information content (AvgIpc) is 2.46. The van der Waals surface area contributed by atoms with Crippen LogP contribution in [0.1, 0.15) is 37.3 Å². The van der Waals surface area contributed by atoms with Crippen molar-refractivity contribution in [2.45, 2.75) is 38.0 Å². The number of hydrazine groups is 1. The molecule has 5 N–H and O–H groups in total. The number of hydrogen-bond acceptors (Lipinski definition) is 4. The van der Waals surface area contributed by atoms with E-state index < -0.39 is 0 Å². The highest BCUT2D eigenvalue weighted by atomic mass is 32.2. The van der Waals surface area contributed by atoms with Crippen LogP contribution in [0.3, 0.4) is 0 Å². The SMILES string of the molecule is CCC(N)CSCc1ccc(C(C)C(=O)NN)cc1. The topological polar surface area (TPSA) is 81.1 Å². The third-order valence-electron chi connectivity index (χ3n) is 3.14. The van der Waals surface area contributed by atoms with Gasteiger partial charge >= 0.3 is 0 Å². The van der Waals surface area contributed by atoms with E-state index in [0.29, 0.717) is 0 Å². The third-order valence-corrected chi connectivity index (χ3v) is 4.34.